The molecule has 0 N–H and O–H groups in total. The maximum absolute atomic E-state index is 5.87. The second kappa shape index (κ2) is 14.3. The summed E-state index contributed by atoms with van der Waals surface area (Å²) in [6.45, 7) is 9.11. The minimum absolute atomic E-state index is 0.356. The van der Waals surface area contributed by atoms with E-state index in [1.165, 1.54) is 36.0 Å². The number of pyridine rings is 1. The third-order valence-corrected chi connectivity index (χ3v) is 6.08. The van der Waals surface area contributed by atoms with Gasteiger partial charge in [0.2, 0.25) is 0 Å². The van der Waals surface area contributed by atoms with Gasteiger partial charge in [0.15, 0.2) is 0 Å². The van der Waals surface area contributed by atoms with Crippen molar-refractivity contribution in [2.75, 3.05) is 6.61 Å². The molecular weight excluding hydrogens is 414 g/mol. The van der Waals surface area contributed by atoms with Crippen LogP contribution in [-0.2, 0) is 11.2 Å². The van der Waals surface area contributed by atoms with Crippen LogP contribution in [0.2, 0.25) is 0 Å². The van der Waals surface area contributed by atoms with Crippen molar-refractivity contribution < 1.29 is 4.74 Å². The van der Waals surface area contributed by atoms with Crippen LogP contribution in [-0.4, -0.2) is 17.7 Å². The summed E-state index contributed by atoms with van der Waals surface area (Å²) in [5.41, 5.74) is 7.01. The molecule has 1 aromatic heterocycles. The van der Waals surface area contributed by atoms with Crippen molar-refractivity contribution in [1.29, 1.82) is 0 Å². The normalized spacial score (nSPS) is 12.2. The number of benzene rings is 2. The van der Waals surface area contributed by atoms with Gasteiger partial charge in [0, 0.05) is 18.4 Å². The van der Waals surface area contributed by atoms with E-state index in [4.69, 9.17) is 4.74 Å². The molecule has 178 valence electrons. The Bertz CT molecular complexity index is 1000. The first kappa shape index (κ1) is 25.6. The summed E-state index contributed by atoms with van der Waals surface area (Å²) < 4.78 is 5.87. The van der Waals surface area contributed by atoms with E-state index in [1.807, 2.05) is 12.3 Å². The number of hydrogen-bond acceptors (Lipinski definition) is 2. The number of nitrogens with zero attached hydrogens (tertiary/aromatic N) is 1. The number of rotatable bonds is 14. The zero-order valence-electron chi connectivity index (χ0n) is 20.9. The molecule has 2 aromatic carbocycles. The summed E-state index contributed by atoms with van der Waals surface area (Å²) in [7, 11) is 0. The molecule has 2 nitrogen and oxygen atoms in total. The molecule has 34 heavy (non-hydrogen) atoms. The Balaban J connectivity index is 1.46. The quantitative estimate of drug-likeness (QED) is 0.179. The lowest BCUT2D eigenvalue weighted by molar-refractivity contribution is 0.0566. The number of aromatic nitrogens is 1. The highest BCUT2D eigenvalue weighted by atomic mass is 16.5. The Morgan fingerprint density at radius 2 is 1.59 bits per heavy atom. The molecule has 0 bridgehead atoms. The van der Waals surface area contributed by atoms with Gasteiger partial charge in [0.25, 0.3) is 0 Å². The van der Waals surface area contributed by atoms with Crippen molar-refractivity contribution in [3.05, 3.63) is 96.7 Å². The lowest BCUT2D eigenvalue weighted by atomic mass is 10.0. The van der Waals surface area contributed by atoms with Gasteiger partial charge < -0.3 is 4.74 Å². The summed E-state index contributed by atoms with van der Waals surface area (Å²) in [4.78, 5) is 4.68. The van der Waals surface area contributed by atoms with Crippen LogP contribution in [0.4, 0.5) is 0 Å². The molecule has 0 aliphatic carbocycles. The van der Waals surface area contributed by atoms with Gasteiger partial charge in [-0.2, -0.15) is 0 Å². The molecule has 0 fully saturated rings. The highest BCUT2D eigenvalue weighted by Gasteiger charge is 2.03. The SMILES string of the molecule is C=CCc1ccc(-c2ccc(-c3ccc(/C=C/CCCC(C)OCCCCC)cn3)cc2)cc1. The van der Waals surface area contributed by atoms with Crippen LogP contribution in [0.25, 0.3) is 28.5 Å². The van der Waals surface area contributed by atoms with Crippen LogP contribution >= 0.6 is 0 Å². The summed E-state index contributed by atoms with van der Waals surface area (Å²) in [5, 5.41) is 0. The Morgan fingerprint density at radius 3 is 2.24 bits per heavy atom. The average molecular weight is 454 g/mol. The summed E-state index contributed by atoms with van der Waals surface area (Å²) in [6, 6.07) is 21.6. The second-order valence-corrected chi connectivity index (χ2v) is 8.97. The first-order valence-electron chi connectivity index (χ1n) is 12.7. The van der Waals surface area contributed by atoms with Crippen molar-refractivity contribution in [1.82, 2.24) is 4.98 Å². The maximum Gasteiger partial charge on any atom is 0.0702 e. The molecule has 1 heterocycles. The van der Waals surface area contributed by atoms with Gasteiger partial charge in [-0.05, 0) is 67.3 Å². The van der Waals surface area contributed by atoms with Gasteiger partial charge in [-0.25, -0.2) is 0 Å². The van der Waals surface area contributed by atoms with Crippen molar-refractivity contribution in [2.45, 2.75) is 64.9 Å². The Kier molecular flexibility index (Phi) is 10.8. The van der Waals surface area contributed by atoms with Crippen LogP contribution in [0.1, 0.15) is 63.5 Å². The molecule has 1 atom stereocenters. The van der Waals surface area contributed by atoms with Crippen LogP contribution in [0.5, 0.6) is 0 Å². The maximum atomic E-state index is 5.87. The van der Waals surface area contributed by atoms with E-state index in [2.05, 4.69) is 98.2 Å². The van der Waals surface area contributed by atoms with E-state index in [9.17, 15) is 0 Å². The lowest BCUT2D eigenvalue weighted by Crippen LogP contribution is -2.08. The molecule has 0 saturated carbocycles. The van der Waals surface area contributed by atoms with Crippen LogP contribution in [0.15, 0.2) is 85.6 Å². The second-order valence-electron chi connectivity index (χ2n) is 8.97. The fraction of sp³-hybridized carbons (Fsp3) is 0.344. The molecule has 3 rings (SSSR count). The molecule has 0 radical (unpaired) electrons. The van der Waals surface area contributed by atoms with Gasteiger partial charge in [-0.1, -0.05) is 92.6 Å². The molecule has 0 saturated heterocycles. The molecule has 0 spiro atoms. The van der Waals surface area contributed by atoms with Crippen LogP contribution in [0.3, 0.4) is 0 Å². The predicted molar refractivity (Wildman–Crippen MR) is 147 cm³/mol. The lowest BCUT2D eigenvalue weighted by Gasteiger charge is -2.11. The van der Waals surface area contributed by atoms with E-state index in [0.717, 1.165) is 49.1 Å². The predicted octanol–water partition coefficient (Wildman–Crippen LogP) is 8.92. The van der Waals surface area contributed by atoms with Gasteiger partial charge in [-0.15, -0.1) is 6.58 Å². The van der Waals surface area contributed by atoms with Crippen molar-refractivity contribution in [2.24, 2.45) is 0 Å². The highest BCUT2D eigenvalue weighted by Crippen LogP contribution is 2.24. The number of allylic oxidation sites excluding steroid dienone is 2. The minimum atomic E-state index is 0.356. The molecule has 0 aliphatic heterocycles. The summed E-state index contributed by atoms with van der Waals surface area (Å²) >= 11 is 0. The fourth-order valence-corrected chi connectivity index (χ4v) is 3.97. The Labute approximate surface area is 206 Å². The Morgan fingerprint density at radius 1 is 0.882 bits per heavy atom. The van der Waals surface area contributed by atoms with Gasteiger partial charge in [0.1, 0.15) is 0 Å². The Hall–Kier alpha value is -2.97. The third kappa shape index (κ3) is 8.43. The number of unbranched alkanes of at least 4 members (excludes halogenated alkanes) is 3. The van der Waals surface area contributed by atoms with Crippen LogP contribution in [0, 0.1) is 0 Å². The van der Waals surface area contributed by atoms with Crippen LogP contribution < -0.4 is 0 Å². The summed E-state index contributed by atoms with van der Waals surface area (Å²) in [6.07, 6.45) is 16.6. The van der Waals surface area contributed by atoms with Crippen molar-refractivity contribution in [3.8, 4) is 22.4 Å². The number of hydrogen-bond donors (Lipinski definition) is 0. The molecular formula is C32H39NO. The zero-order chi connectivity index (χ0) is 24.0. The summed E-state index contributed by atoms with van der Waals surface area (Å²) in [5.74, 6) is 0. The molecule has 2 heteroatoms. The fourth-order valence-electron chi connectivity index (χ4n) is 3.97. The third-order valence-electron chi connectivity index (χ3n) is 6.08. The van der Waals surface area contributed by atoms with Crippen molar-refractivity contribution >= 4 is 6.08 Å². The standard InChI is InChI=1S/C32H39NO/c1-4-6-10-24-34-26(3)12-8-7-9-13-28-16-23-32(33-25-28)31-21-19-30(20-22-31)29-17-14-27(11-5-2)15-18-29/h5,9,13-23,25-26H,2,4,6-8,10-12,24H2,1,3H3/b13-9+. The molecule has 3 aromatic rings. The van der Waals surface area contributed by atoms with Gasteiger partial charge in [0.05, 0.1) is 11.8 Å². The average Bonchev–Trinajstić information content (AvgIpc) is 2.88. The number of ether oxygens (including phenoxy) is 1. The monoisotopic (exact) mass is 453 g/mol. The molecule has 0 amide bonds. The van der Waals surface area contributed by atoms with E-state index < -0.39 is 0 Å². The van der Waals surface area contributed by atoms with Gasteiger partial charge in [-0.3, -0.25) is 4.98 Å². The smallest absolute Gasteiger partial charge is 0.0702 e. The first-order chi connectivity index (χ1) is 16.7. The first-order valence-corrected chi connectivity index (χ1v) is 12.7. The highest BCUT2D eigenvalue weighted by molar-refractivity contribution is 5.69. The van der Waals surface area contributed by atoms with E-state index in [0.29, 0.717) is 6.10 Å². The molecule has 0 aliphatic rings. The zero-order valence-corrected chi connectivity index (χ0v) is 20.9. The minimum Gasteiger partial charge on any atom is -0.379 e. The molecule has 1 unspecified atom stereocenters. The van der Waals surface area contributed by atoms with E-state index in [1.54, 1.807) is 0 Å². The van der Waals surface area contributed by atoms with Crippen molar-refractivity contribution in [3.63, 3.8) is 0 Å². The van der Waals surface area contributed by atoms with E-state index in [-0.39, 0.29) is 0 Å². The van der Waals surface area contributed by atoms with E-state index >= 15 is 0 Å². The topological polar surface area (TPSA) is 22.1 Å². The largest absolute Gasteiger partial charge is 0.379 e. The van der Waals surface area contributed by atoms with Gasteiger partial charge >= 0.3 is 0 Å².